The van der Waals surface area contributed by atoms with Crippen molar-refractivity contribution >= 4 is 28.4 Å². The van der Waals surface area contributed by atoms with Gasteiger partial charge in [0.2, 0.25) is 0 Å². The van der Waals surface area contributed by atoms with Crippen molar-refractivity contribution in [3.8, 4) is 0 Å². The van der Waals surface area contributed by atoms with E-state index in [2.05, 4.69) is 32.5 Å². The molecule has 0 amide bonds. The normalized spacial score (nSPS) is 15.7. The molecule has 1 aliphatic heterocycles. The fourth-order valence-electron chi connectivity index (χ4n) is 1.37. The molecule has 0 atom stereocenters. The molecule has 2 rings (SSSR count). The van der Waals surface area contributed by atoms with Crippen LogP contribution in [-0.4, -0.2) is 18.6 Å². The number of pyridine rings is 1. The predicted molar refractivity (Wildman–Crippen MR) is 68.8 cm³/mol. The second-order valence-electron chi connectivity index (χ2n) is 3.10. The molecule has 0 radical (unpaired) electrons. The zero-order valence-electron chi connectivity index (χ0n) is 8.35. The van der Waals surface area contributed by atoms with Gasteiger partial charge < -0.3 is 9.64 Å². The standard InChI is InChI=1S/C11H11IN2O/c1-15-9-5-6-10(12)14(8-9)11-4-2-3-7-13-11/h2-7H,8H2,1H3. The first-order chi connectivity index (χ1) is 7.31. The smallest absolute Gasteiger partial charge is 0.133 e. The maximum absolute atomic E-state index is 5.23. The minimum absolute atomic E-state index is 0.738. The zero-order valence-corrected chi connectivity index (χ0v) is 10.5. The van der Waals surface area contributed by atoms with Crippen LogP contribution in [0.5, 0.6) is 0 Å². The lowest BCUT2D eigenvalue weighted by molar-refractivity contribution is 0.285. The highest BCUT2D eigenvalue weighted by Crippen LogP contribution is 2.25. The van der Waals surface area contributed by atoms with Crippen molar-refractivity contribution in [3.63, 3.8) is 0 Å². The lowest BCUT2D eigenvalue weighted by Crippen LogP contribution is -2.26. The summed E-state index contributed by atoms with van der Waals surface area (Å²) in [4.78, 5) is 6.43. The molecule has 1 aromatic rings. The molecule has 0 aliphatic carbocycles. The number of anilines is 1. The molecule has 0 fully saturated rings. The zero-order chi connectivity index (χ0) is 10.7. The summed E-state index contributed by atoms with van der Waals surface area (Å²) in [6.07, 6.45) is 5.81. The van der Waals surface area contributed by atoms with E-state index in [1.165, 1.54) is 0 Å². The van der Waals surface area contributed by atoms with Crippen LogP contribution in [0.2, 0.25) is 0 Å². The summed E-state index contributed by atoms with van der Waals surface area (Å²) in [5.74, 6) is 1.89. The van der Waals surface area contributed by atoms with Gasteiger partial charge >= 0.3 is 0 Å². The molecule has 0 spiro atoms. The Hall–Kier alpha value is -1.04. The van der Waals surface area contributed by atoms with E-state index in [0.29, 0.717) is 0 Å². The molecule has 1 aliphatic rings. The number of halogens is 1. The van der Waals surface area contributed by atoms with E-state index in [4.69, 9.17) is 4.74 Å². The molecular formula is C11H11IN2O. The first kappa shape index (κ1) is 10.5. The topological polar surface area (TPSA) is 25.4 Å². The van der Waals surface area contributed by atoms with Gasteiger partial charge in [-0.1, -0.05) is 6.07 Å². The summed E-state index contributed by atoms with van der Waals surface area (Å²) in [5, 5.41) is 0. The molecule has 78 valence electrons. The van der Waals surface area contributed by atoms with Crippen LogP contribution in [-0.2, 0) is 4.74 Å². The van der Waals surface area contributed by atoms with Crippen LogP contribution in [0.1, 0.15) is 0 Å². The maximum atomic E-state index is 5.23. The summed E-state index contributed by atoms with van der Waals surface area (Å²) < 4.78 is 6.38. The second-order valence-corrected chi connectivity index (χ2v) is 4.21. The van der Waals surface area contributed by atoms with Crippen LogP contribution in [0.4, 0.5) is 5.82 Å². The molecule has 0 saturated heterocycles. The third-order valence-corrected chi connectivity index (χ3v) is 3.11. The Bertz CT molecular complexity index is 400. The van der Waals surface area contributed by atoms with E-state index in [-0.39, 0.29) is 0 Å². The van der Waals surface area contributed by atoms with E-state index in [0.717, 1.165) is 21.8 Å². The van der Waals surface area contributed by atoms with E-state index in [9.17, 15) is 0 Å². The van der Waals surface area contributed by atoms with Gasteiger partial charge in [0.1, 0.15) is 11.6 Å². The van der Waals surface area contributed by atoms with Crippen molar-refractivity contribution in [1.82, 2.24) is 4.98 Å². The fourth-order valence-corrected chi connectivity index (χ4v) is 1.97. The number of hydrogen-bond acceptors (Lipinski definition) is 3. The van der Waals surface area contributed by atoms with E-state index < -0.39 is 0 Å². The number of methoxy groups -OCH3 is 1. The molecule has 3 nitrogen and oxygen atoms in total. The highest BCUT2D eigenvalue weighted by atomic mass is 127. The molecule has 1 aromatic heterocycles. The summed E-state index contributed by atoms with van der Waals surface area (Å²) >= 11 is 2.30. The van der Waals surface area contributed by atoms with Crippen molar-refractivity contribution in [3.05, 3.63) is 46.0 Å². The van der Waals surface area contributed by atoms with Crippen LogP contribution >= 0.6 is 22.6 Å². The summed E-state index contributed by atoms with van der Waals surface area (Å²) in [6.45, 7) is 0.738. The van der Waals surface area contributed by atoms with Crippen LogP contribution in [0, 0.1) is 0 Å². The average molecular weight is 314 g/mol. The quantitative estimate of drug-likeness (QED) is 0.620. The van der Waals surface area contributed by atoms with E-state index in [1.54, 1.807) is 13.3 Å². The van der Waals surface area contributed by atoms with E-state index >= 15 is 0 Å². The van der Waals surface area contributed by atoms with Crippen molar-refractivity contribution in [1.29, 1.82) is 0 Å². The molecule has 0 aromatic carbocycles. The number of rotatable bonds is 2. The number of aromatic nitrogens is 1. The van der Waals surface area contributed by atoms with Gasteiger partial charge in [0.25, 0.3) is 0 Å². The van der Waals surface area contributed by atoms with Gasteiger partial charge in [-0.2, -0.15) is 0 Å². The minimum Gasteiger partial charge on any atom is -0.499 e. The predicted octanol–water partition coefficient (Wildman–Crippen LogP) is 2.71. The van der Waals surface area contributed by atoms with Gasteiger partial charge in [-0.05, 0) is 46.9 Å². The van der Waals surface area contributed by atoms with Crippen LogP contribution in [0.15, 0.2) is 46.0 Å². The number of allylic oxidation sites excluding steroid dienone is 2. The number of nitrogens with zero attached hydrogens (tertiary/aromatic N) is 2. The molecule has 0 bridgehead atoms. The third kappa shape index (κ3) is 2.31. The molecule has 4 heteroatoms. The highest BCUT2D eigenvalue weighted by molar-refractivity contribution is 14.1. The van der Waals surface area contributed by atoms with Gasteiger partial charge in [0, 0.05) is 6.20 Å². The van der Waals surface area contributed by atoms with Gasteiger partial charge in [-0.25, -0.2) is 4.98 Å². The van der Waals surface area contributed by atoms with Crippen LogP contribution in [0.25, 0.3) is 0 Å². The minimum atomic E-state index is 0.738. The fraction of sp³-hybridized carbons (Fsp3) is 0.182. The third-order valence-electron chi connectivity index (χ3n) is 2.17. The SMILES string of the molecule is COC1=CC=C(I)N(c2ccccn2)C1. The second kappa shape index (κ2) is 4.65. The number of ether oxygens (including phenoxy) is 1. The van der Waals surface area contributed by atoms with Crippen LogP contribution < -0.4 is 4.90 Å². The Morgan fingerprint density at radius 3 is 2.93 bits per heavy atom. The Labute approximate surface area is 103 Å². The van der Waals surface area contributed by atoms with Gasteiger partial charge in [0.05, 0.1) is 17.4 Å². The molecule has 0 saturated carbocycles. The lowest BCUT2D eigenvalue weighted by atomic mass is 10.3. The van der Waals surface area contributed by atoms with Crippen molar-refractivity contribution in [2.24, 2.45) is 0 Å². The summed E-state index contributed by atoms with van der Waals surface area (Å²) in [6, 6.07) is 5.89. The molecule has 2 heterocycles. The Morgan fingerprint density at radius 2 is 2.27 bits per heavy atom. The number of hydrogen-bond donors (Lipinski definition) is 0. The Morgan fingerprint density at radius 1 is 1.40 bits per heavy atom. The average Bonchev–Trinajstić information content (AvgIpc) is 2.31. The van der Waals surface area contributed by atoms with Crippen LogP contribution in [0.3, 0.4) is 0 Å². The van der Waals surface area contributed by atoms with Crippen molar-refractivity contribution < 1.29 is 4.74 Å². The molecule has 15 heavy (non-hydrogen) atoms. The largest absolute Gasteiger partial charge is 0.499 e. The molecule has 0 N–H and O–H groups in total. The summed E-state index contributed by atoms with van der Waals surface area (Å²) in [7, 11) is 1.69. The maximum Gasteiger partial charge on any atom is 0.133 e. The van der Waals surface area contributed by atoms with Crippen molar-refractivity contribution in [2.45, 2.75) is 0 Å². The van der Waals surface area contributed by atoms with Crippen molar-refractivity contribution in [2.75, 3.05) is 18.6 Å². The lowest BCUT2D eigenvalue weighted by Gasteiger charge is -2.26. The summed E-state index contributed by atoms with van der Waals surface area (Å²) in [5.41, 5.74) is 0. The Kier molecular flexibility index (Phi) is 3.25. The highest BCUT2D eigenvalue weighted by Gasteiger charge is 2.16. The first-order valence-electron chi connectivity index (χ1n) is 4.60. The first-order valence-corrected chi connectivity index (χ1v) is 5.68. The monoisotopic (exact) mass is 314 g/mol. The van der Waals surface area contributed by atoms with E-state index in [1.807, 2.05) is 30.4 Å². The molecule has 0 unspecified atom stereocenters. The molecular weight excluding hydrogens is 303 g/mol. The van der Waals surface area contributed by atoms with Gasteiger partial charge in [0.15, 0.2) is 0 Å². The Balaban J connectivity index is 2.26. The van der Waals surface area contributed by atoms with Gasteiger partial charge in [-0.3, -0.25) is 0 Å². The van der Waals surface area contributed by atoms with Gasteiger partial charge in [-0.15, -0.1) is 0 Å².